The number of amides is 2. The number of nitrogens with one attached hydrogen (secondary N) is 3. The molecular weight excluding hydrogens is 442 g/mol. The van der Waals surface area contributed by atoms with Crippen LogP contribution in [0.1, 0.15) is 13.8 Å². The summed E-state index contributed by atoms with van der Waals surface area (Å²) in [5, 5.41) is 3.35. The van der Waals surface area contributed by atoms with Gasteiger partial charge >= 0.3 is 0 Å². The number of carbonyl (C=O) groups is 2. The number of carbonyl (C=O) groups excluding carboxylic acids is 2. The number of fused-ring (bicyclic) bond motifs is 1. The summed E-state index contributed by atoms with van der Waals surface area (Å²) in [6.07, 6.45) is -0.360. The normalized spacial score (nSPS) is 19.6. The van der Waals surface area contributed by atoms with Crippen LogP contribution in [-0.4, -0.2) is 48.7 Å². The highest BCUT2D eigenvalue weighted by Crippen LogP contribution is 2.31. The van der Waals surface area contributed by atoms with Crippen molar-refractivity contribution in [1.82, 2.24) is 10.9 Å². The molecule has 4 rings (SSSR count). The molecule has 0 aromatic heterocycles. The number of benzene rings is 2. The van der Waals surface area contributed by atoms with Crippen LogP contribution in [0.5, 0.6) is 11.5 Å². The fourth-order valence-corrected chi connectivity index (χ4v) is 4.48. The summed E-state index contributed by atoms with van der Waals surface area (Å²) < 4.78 is 11.1. The quantitative estimate of drug-likeness (QED) is 0.546. The topological polar surface area (TPSA) is 104 Å². The van der Waals surface area contributed by atoms with Crippen molar-refractivity contribution in [2.75, 3.05) is 35.7 Å². The number of aliphatic imine (C=N–C) groups is 1. The molecule has 3 N–H and O–H groups in total. The highest BCUT2D eigenvalue weighted by atomic mass is 32.2. The van der Waals surface area contributed by atoms with Gasteiger partial charge in [0.1, 0.15) is 17.7 Å². The lowest BCUT2D eigenvalue weighted by Gasteiger charge is -2.32. The van der Waals surface area contributed by atoms with Crippen LogP contribution in [0.25, 0.3) is 0 Å². The van der Waals surface area contributed by atoms with E-state index < -0.39 is 0 Å². The van der Waals surface area contributed by atoms with Gasteiger partial charge in [-0.15, -0.1) is 0 Å². The molecule has 1 saturated heterocycles. The Hall–Kier alpha value is -3.08. The van der Waals surface area contributed by atoms with E-state index >= 15 is 0 Å². The number of thioether (sulfide) groups is 1. The number of para-hydroxylation sites is 2. The largest absolute Gasteiger partial charge is 0.494 e. The molecule has 2 amide bonds. The molecule has 9 nitrogen and oxygen atoms in total. The third kappa shape index (κ3) is 5.29. The molecule has 2 aliphatic heterocycles. The standard InChI is InChI=1S/C23H27N5O4S/c1-3-31-16-11-9-15(10-12-16)28-22(30)17-13-24-27-21(17)26-23(28)33-14-20(29)25-18-7-5-6-8-19(18)32-4-2/h5-12,17,21,24,27H,3-4,13-14H2,1-2H3,(H,25,29). The molecule has 0 radical (unpaired) electrons. The van der Waals surface area contributed by atoms with Crippen LogP contribution >= 0.6 is 11.8 Å². The van der Waals surface area contributed by atoms with Crippen molar-refractivity contribution in [3.05, 3.63) is 48.5 Å². The third-order valence-corrected chi connectivity index (χ3v) is 6.08. The van der Waals surface area contributed by atoms with Gasteiger partial charge in [0.2, 0.25) is 11.8 Å². The minimum atomic E-state index is -0.360. The molecule has 174 valence electrons. The predicted octanol–water partition coefficient (Wildman–Crippen LogP) is 2.61. The molecule has 2 atom stereocenters. The number of amidine groups is 1. The van der Waals surface area contributed by atoms with Gasteiger partial charge in [-0.25, -0.2) is 10.4 Å². The van der Waals surface area contributed by atoms with E-state index in [2.05, 4.69) is 16.2 Å². The molecule has 2 aliphatic rings. The fraction of sp³-hybridized carbons (Fsp3) is 0.348. The van der Waals surface area contributed by atoms with Crippen molar-refractivity contribution in [2.24, 2.45) is 10.9 Å². The molecule has 0 aliphatic carbocycles. The first-order valence-corrected chi connectivity index (χ1v) is 11.9. The maximum atomic E-state index is 13.3. The van der Waals surface area contributed by atoms with Gasteiger partial charge in [-0.3, -0.25) is 19.9 Å². The summed E-state index contributed by atoms with van der Waals surface area (Å²) in [6, 6.07) is 14.6. The Balaban J connectivity index is 1.50. The van der Waals surface area contributed by atoms with Crippen molar-refractivity contribution in [2.45, 2.75) is 20.0 Å². The second kappa shape index (κ2) is 10.7. The van der Waals surface area contributed by atoms with Crippen LogP contribution in [-0.2, 0) is 9.59 Å². The minimum Gasteiger partial charge on any atom is -0.494 e. The smallest absolute Gasteiger partial charge is 0.241 e. The van der Waals surface area contributed by atoms with E-state index in [9.17, 15) is 9.59 Å². The summed E-state index contributed by atoms with van der Waals surface area (Å²) in [5.74, 6) is 0.836. The van der Waals surface area contributed by atoms with Crippen molar-refractivity contribution >= 4 is 40.1 Å². The number of ether oxygens (including phenoxy) is 2. The van der Waals surface area contributed by atoms with Gasteiger partial charge in [-0.2, -0.15) is 0 Å². The van der Waals surface area contributed by atoms with Crippen molar-refractivity contribution in [1.29, 1.82) is 0 Å². The van der Waals surface area contributed by atoms with Crippen LogP contribution in [0.15, 0.2) is 53.5 Å². The summed E-state index contributed by atoms with van der Waals surface area (Å²) in [4.78, 5) is 32.3. The average molecular weight is 470 g/mol. The van der Waals surface area contributed by atoms with Crippen molar-refractivity contribution in [3.8, 4) is 11.5 Å². The summed E-state index contributed by atoms with van der Waals surface area (Å²) in [6.45, 7) is 5.37. The minimum absolute atomic E-state index is 0.0683. The Morgan fingerprint density at radius 3 is 2.67 bits per heavy atom. The van der Waals surface area contributed by atoms with E-state index in [0.29, 0.717) is 42.1 Å². The molecule has 0 saturated carbocycles. The van der Waals surface area contributed by atoms with E-state index in [0.717, 1.165) is 5.75 Å². The van der Waals surface area contributed by atoms with Crippen LogP contribution < -0.4 is 30.5 Å². The van der Waals surface area contributed by atoms with Crippen LogP contribution in [0, 0.1) is 5.92 Å². The first-order chi connectivity index (χ1) is 16.1. The maximum Gasteiger partial charge on any atom is 0.241 e. The van der Waals surface area contributed by atoms with Gasteiger partial charge in [0, 0.05) is 6.54 Å². The first kappa shape index (κ1) is 23.1. The van der Waals surface area contributed by atoms with E-state index in [-0.39, 0.29) is 29.7 Å². The monoisotopic (exact) mass is 469 g/mol. The molecule has 33 heavy (non-hydrogen) atoms. The van der Waals surface area contributed by atoms with E-state index in [4.69, 9.17) is 14.5 Å². The molecule has 2 aromatic rings. The number of nitrogens with zero attached hydrogens (tertiary/aromatic N) is 2. The lowest BCUT2D eigenvalue weighted by atomic mass is 10.0. The zero-order valence-corrected chi connectivity index (χ0v) is 19.4. The highest BCUT2D eigenvalue weighted by Gasteiger charge is 2.42. The van der Waals surface area contributed by atoms with Crippen molar-refractivity contribution in [3.63, 3.8) is 0 Å². The van der Waals surface area contributed by atoms with E-state index in [1.54, 1.807) is 11.0 Å². The van der Waals surface area contributed by atoms with Crippen LogP contribution in [0.2, 0.25) is 0 Å². The lowest BCUT2D eigenvalue weighted by Crippen LogP contribution is -2.49. The highest BCUT2D eigenvalue weighted by molar-refractivity contribution is 8.14. The zero-order chi connectivity index (χ0) is 23.2. The summed E-state index contributed by atoms with van der Waals surface area (Å²) >= 11 is 1.22. The molecule has 2 heterocycles. The SMILES string of the molecule is CCOc1ccc(N2C(=O)C3CNNC3N=C2SCC(=O)Nc2ccccc2OCC)cc1. The number of hydrogen-bond acceptors (Lipinski definition) is 8. The molecular formula is C23H27N5O4S. The van der Waals surface area contributed by atoms with Crippen molar-refractivity contribution < 1.29 is 19.1 Å². The number of hydrogen-bond donors (Lipinski definition) is 3. The second-order valence-corrected chi connectivity index (χ2v) is 8.30. The van der Waals surface area contributed by atoms with Crippen LogP contribution in [0.4, 0.5) is 11.4 Å². The summed E-state index contributed by atoms with van der Waals surface area (Å²) in [5.41, 5.74) is 7.32. The Kier molecular flexibility index (Phi) is 7.48. The molecule has 1 fully saturated rings. The Bertz CT molecular complexity index is 1030. The third-order valence-electron chi connectivity index (χ3n) is 5.13. The number of anilines is 2. The number of hydrazine groups is 1. The average Bonchev–Trinajstić information content (AvgIpc) is 3.29. The Morgan fingerprint density at radius 1 is 1.15 bits per heavy atom. The lowest BCUT2D eigenvalue weighted by molar-refractivity contribution is -0.121. The van der Waals surface area contributed by atoms with E-state index in [1.165, 1.54) is 11.8 Å². The maximum absolute atomic E-state index is 13.3. The molecule has 10 heteroatoms. The molecule has 2 aromatic carbocycles. The summed E-state index contributed by atoms with van der Waals surface area (Å²) in [7, 11) is 0. The predicted molar refractivity (Wildman–Crippen MR) is 130 cm³/mol. The van der Waals surface area contributed by atoms with Gasteiger partial charge in [0.05, 0.1) is 36.3 Å². The van der Waals surface area contributed by atoms with Gasteiger partial charge in [0.25, 0.3) is 0 Å². The molecule has 0 spiro atoms. The first-order valence-electron chi connectivity index (χ1n) is 10.9. The van der Waals surface area contributed by atoms with Gasteiger partial charge in [-0.05, 0) is 50.2 Å². The fourth-order valence-electron chi connectivity index (χ4n) is 3.63. The molecule has 2 unspecified atom stereocenters. The van der Waals surface area contributed by atoms with Gasteiger partial charge < -0.3 is 14.8 Å². The second-order valence-electron chi connectivity index (χ2n) is 7.35. The molecule has 0 bridgehead atoms. The Morgan fingerprint density at radius 2 is 1.91 bits per heavy atom. The van der Waals surface area contributed by atoms with Gasteiger partial charge in [0.15, 0.2) is 5.17 Å². The van der Waals surface area contributed by atoms with Crippen LogP contribution in [0.3, 0.4) is 0 Å². The number of rotatable bonds is 8. The zero-order valence-electron chi connectivity index (χ0n) is 18.5. The Labute approximate surface area is 196 Å². The van der Waals surface area contributed by atoms with Gasteiger partial charge in [-0.1, -0.05) is 23.9 Å². The van der Waals surface area contributed by atoms with E-state index in [1.807, 2.05) is 56.3 Å².